The molecule has 0 radical (unpaired) electrons. The van der Waals surface area contributed by atoms with Crippen molar-refractivity contribution < 1.29 is 32.9 Å². The van der Waals surface area contributed by atoms with E-state index in [1.807, 2.05) is 21.1 Å². The van der Waals surface area contributed by atoms with Gasteiger partial charge in [0.05, 0.1) is 39.9 Å². The summed E-state index contributed by atoms with van der Waals surface area (Å²) in [5, 5.41) is 14.1. The number of amides is 1. The second-order valence-corrected chi connectivity index (χ2v) is 27.1. The summed E-state index contributed by atoms with van der Waals surface area (Å²) in [6, 6.07) is -0.757. The van der Waals surface area contributed by atoms with Crippen LogP contribution in [0, 0.1) is 0 Å². The molecule has 0 aromatic heterocycles. The second kappa shape index (κ2) is 60.8. The number of nitrogens with one attached hydrogen (secondary N) is 1. The first-order valence-corrected chi connectivity index (χ1v) is 36.5. The number of hydrogen-bond acceptors (Lipinski definition) is 5. The average molecular weight is 1120 g/mol. The summed E-state index contributed by atoms with van der Waals surface area (Å²) in [4.78, 5) is 23.4. The van der Waals surface area contributed by atoms with Gasteiger partial charge < -0.3 is 19.8 Å². The molecule has 9 heteroatoms. The standard InChI is InChI=1S/C69H139N2O6P/c1-6-8-10-12-14-16-18-20-22-24-26-27-28-29-30-31-32-33-34-35-36-37-38-39-40-41-42-43-45-47-49-51-53-55-57-59-61-63-69(73)70-67(66-77-78(74,75)76-65-64-71(3,4)5)68(72)62-60-58-56-54-52-50-48-46-44-25-23-21-19-17-15-13-11-9-7-2/h24,26,67-68,72H,6-23,25,27-66H2,1-5H3,(H-,70,73,74,75)/p+1/b26-24-. The van der Waals surface area contributed by atoms with Crippen LogP contribution >= 0.6 is 7.82 Å². The van der Waals surface area contributed by atoms with Crippen LogP contribution in [-0.2, 0) is 18.4 Å². The summed E-state index contributed by atoms with van der Waals surface area (Å²) in [6.07, 6.45) is 77.5. The van der Waals surface area contributed by atoms with Gasteiger partial charge in [-0.25, -0.2) is 4.57 Å². The fraction of sp³-hybridized carbons (Fsp3) is 0.957. The normalized spacial score (nSPS) is 13.7. The Kier molecular flexibility index (Phi) is 60.2. The number of nitrogens with zero attached hydrogens (tertiary/aromatic N) is 1. The van der Waals surface area contributed by atoms with E-state index in [2.05, 4.69) is 31.3 Å². The molecule has 466 valence electrons. The number of allylic oxidation sites excluding steroid dienone is 2. The zero-order valence-electron chi connectivity index (χ0n) is 53.5. The molecule has 8 nitrogen and oxygen atoms in total. The lowest BCUT2D eigenvalue weighted by molar-refractivity contribution is -0.870. The van der Waals surface area contributed by atoms with Gasteiger partial charge in [-0.1, -0.05) is 341 Å². The van der Waals surface area contributed by atoms with Crippen LogP contribution in [0.5, 0.6) is 0 Å². The van der Waals surface area contributed by atoms with Crippen molar-refractivity contribution >= 4 is 13.7 Å². The number of unbranched alkanes of at least 4 members (excludes halogenated alkanes) is 51. The Labute approximate surface area is 488 Å². The van der Waals surface area contributed by atoms with Gasteiger partial charge in [-0.15, -0.1) is 0 Å². The molecule has 0 aliphatic carbocycles. The van der Waals surface area contributed by atoms with E-state index in [9.17, 15) is 19.4 Å². The highest BCUT2D eigenvalue weighted by atomic mass is 31.2. The third-order valence-electron chi connectivity index (χ3n) is 16.5. The minimum Gasteiger partial charge on any atom is -0.391 e. The third-order valence-corrected chi connectivity index (χ3v) is 17.5. The summed E-state index contributed by atoms with van der Waals surface area (Å²) in [7, 11) is 1.64. The third kappa shape index (κ3) is 62.8. The van der Waals surface area contributed by atoms with E-state index in [-0.39, 0.29) is 19.1 Å². The molecule has 0 aromatic rings. The fourth-order valence-corrected chi connectivity index (χ4v) is 11.8. The van der Waals surface area contributed by atoms with E-state index in [1.54, 1.807) is 0 Å². The van der Waals surface area contributed by atoms with Gasteiger partial charge >= 0.3 is 7.82 Å². The van der Waals surface area contributed by atoms with Gasteiger partial charge in [0.1, 0.15) is 13.2 Å². The predicted molar refractivity (Wildman–Crippen MR) is 342 cm³/mol. The van der Waals surface area contributed by atoms with Crippen molar-refractivity contribution in [1.29, 1.82) is 0 Å². The van der Waals surface area contributed by atoms with Gasteiger partial charge in [0.15, 0.2) is 0 Å². The van der Waals surface area contributed by atoms with Gasteiger partial charge in [-0.05, 0) is 38.5 Å². The van der Waals surface area contributed by atoms with E-state index >= 15 is 0 Å². The first kappa shape index (κ1) is 77.2. The summed E-state index contributed by atoms with van der Waals surface area (Å²) in [6.45, 7) is 4.95. The van der Waals surface area contributed by atoms with Crippen LogP contribution in [0.2, 0.25) is 0 Å². The Hall–Kier alpha value is -0.760. The molecule has 0 saturated heterocycles. The summed E-state index contributed by atoms with van der Waals surface area (Å²) in [5.74, 6) is -0.135. The number of hydrogen-bond donors (Lipinski definition) is 3. The zero-order valence-corrected chi connectivity index (χ0v) is 54.3. The van der Waals surface area contributed by atoms with Crippen molar-refractivity contribution in [1.82, 2.24) is 5.32 Å². The first-order valence-electron chi connectivity index (χ1n) is 35.1. The maximum Gasteiger partial charge on any atom is 0.472 e. The molecule has 3 atom stereocenters. The summed E-state index contributed by atoms with van der Waals surface area (Å²) >= 11 is 0. The monoisotopic (exact) mass is 1120 g/mol. The first-order chi connectivity index (χ1) is 38.0. The van der Waals surface area contributed by atoms with Gasteiger partial charge in [0.2, 0.25) is 5.91 Å². The number of carbonyl (C=O) groups excluding carboxylic acids is 1. The van der Waals surface area contributed by atoms with Gasteiger partial charge in [-0.2, -0.15) is 0 Å². The lowest BCUT2D eigenvalue weighted by Gasteiger charge is -2.26. The van der Waals surface area contributed by atoms with E-state index in [1.165, 1.54) is 308 Å². The molecule has 0 spiro atoms. The lowest BCUT2D eigenvalue weighted by atomic mass is 10.0. The molecular weight excluding hydrogens is 984 g/mol. The number of carbonyl (C=O) groups is 1. The molecule has 0 rings (SSSR count). The number of phosphoric acid groups is 1. The largest absolute Gasteiger partial charge is 0.472 e. The van der Waals surface area contributed by atoms with E-state index in [0.29, 0.717) is 23.9 Å². The molecule has 1 amide bonds. The molecule has 0 aliphatic rings. The Morgan fingerprint density at radius 2 is 0.692 bits per heavy atom. The molecule has 0 saturated carbocycles. The van der Waals surface area contributed by atoms with Crippen LogP contribution < -0.4 is 5.32 Å². The van der Waals surface area contributed by atoms with Crippen LogP contribution in [-0.4, -0.2) is 73.4 Å². The van der Waals surface area contributed by atoms with Crippen molar-refractivity contribution in [3.63, 3.8) is 0 Å². The van der Waals surface area contributed by atoms with Crippen molar-refractivity contribution in [2.45, 2.75) is 386 Å². The number of aliphatic hydroxyl groups excluding tert-OH is 1. The molecule has 78 heavy (non-hydrogen) atoms. The number of likely N-dealkylation sites (N-methyl/N-ethyl adjacent to an activating group) is 1. The Bertz CT molecular complexity index is 1280. The highest BCUT2D eigenvalue weighted by molar-refractivity contribution is 7.47. The highest BCUT2D eigenvalue weighted by Crippen LogP contribution is 2.43. The molecule has 0 aliphatic heterocycles. The maximum atomic E-state index is 13.1. The maximum absolute atomic E-state index is 13.1. The Balaban J connectivity index is 3.90. The van der Waals surface area contributed by atoms with Gasteiger partial charge in [-0.3, -0.25) is 13.8 Å². The van der Waals surface area contributed by atoms with Crippen LogP contribution in [0.25, 0.3) is 0 Å². The molecule has 0 aromatic carbocycles. The van der Waals surface area contributed by atoms with Crippen molar-refractivity contribution in [3.05, 3.63) is 12.2 Å². The lowest BCUT2D eigenvalue weighted by Crippen LogP contribution is -2.46. The van der Waals surface area contributed by atoms with E-state index in [0.717, 1.165) is 38.5 Å². The van der Waals surface area contributed by atoms with Crippen LogP contribution in [0.4, 0.5) is 0 Å². The second-order valence-electron chi connectivity index (χ2n) is 25.6. The van der Waals surface area contributed by atoms with Crippen molar-refractivity contribution in [3.8, 4) is 0 Å². The van der Waals surface area contributed by atoms with Crippen molar-refractivity contribution in [2.24, 2.45) is 0 Å². The Morgan fingerprint density at radius 3 is 0.987 bits per heavy atom. The van der Waals surface area contributed by atoms with Gasteiger partial charge in [0.25, 0.3) is 0 Å². The summed E-state index contributed by atoms with van der Waals surface area (Å²) in [5.41, 5.74) is 0. The van der Waals surface area contributed by atoms with Crippen LogP contribution in [0.3, 0.4) is 0 Å². The van der Waals surface area contributed by atoms with Gasteiger partial charge in [0, 0.05) is 6.42 Å². The number of phosphoric ester groups is 1. The smallest absolute Gasteiger partial charge is 0.391 e. The number of aliphatic hydroxyl groups is 1. The topological polar surface area (TPSA) is 105 Å². The number of rotatable bonds is 66. The minimum absolute atomic E-state index is 0.0786. The summed E-state index contributed by atoms with van der Waals surface area (Å²) < 4.78 is 23.9. The van der Waals surface area contributed by atoms with Crippen LogP contribution in [0.15, 0.2) is 12.2 Å². The van der Waals surface area contributed by atoms with Crippen LogP contribution in [0.1, 0.15) is 373 Å². The predicted octanol–water partition coefficient (Wildman–Crippen LogP) is 22.1. The quantitative estimate of drug-likeness (QED) is 0.0243. The van der Waals surface area contributed by atoms with E-state index < -0.39 is 20.0 Å². The van der Waals surface area contributed by atoms with E-state index in [4.69, 9.17) is 9.05 Å². The molecule has 0 heterocycles. The SMILES string of the molecule is CCCCCCCCCC/C=C\CCCCCCCCCCCCCCCCCCCCCCCCCCCC(=O)NC(COP(=O)(O)OCC[N+](C)(C)C)C(O)CCCCCCCCCCCCCCCCCCCCC. The fourth-order valence-electron chi connectivity index (χ4n) is 11.0. The molecular formula is C69H140N2O6P+. The average Bonchev–Trinajstić information content (AvgIpc) is 3.41. The Morgan fingerprint density at radius 1 is 0.423 bits per heavy atom. The highest BCUT2D eigenvalue weighted by Gasteiger charge is 2.28. The van der Waals surface area contributed by atoms with Crippen molar-refractivity contribution in [2.75, 3.05) is 40.9 Å². The molecule has 0 bridgehead atoms. The zero-order chi connectivity index (χ0) is 57.0. The molecule has 3 unspecified atom stereocenters. The number of quaternary nitrogens is 1. The molecule has 0 fully saturated rings. The molecule has 3 N–H and O–H groups in total. The minimum atomic E-state index is -4.32.